The molecule has 0 unspecified atom stereocenters. The zero-order chi connectivity index (χ0) is 14.6. The first kappa shape index (κ1) is 14.8. The highest BCUT2D eigenvalue weighted by Crippen LogP contribution is 2.21. The lowest BCUT2D eigenvalue weighted by Crippen LogP contribution is -2.26. The number of allylic oxidation sites excluding steroid dienone is 1. The summed E-state index contributed by atoms with van der Waals surface area (Å²) < 4.78 is 0. The maximum absolute atomic E-state index is 11.3. The van der Waals surface area contributed by atoms with Gasteiger partial charge in [-0.05, 0) is 12.5 Å². The van der Waals surface area contributed by atoms with E-state index in [1.807, 2.05) is 50.1 Å². The summed E-state index contributed by atoms with van der Waals surface area (Å²) in [5.74, 6) is 0.854. The predicted octanol–water partition coefficient (Wildman–Crippen LogP) is 2.20. The molecule has 19 heavy (non-hydrogen) atoms. The van der Waals surface area contributed by atoms with Crippen molar-refractivity contribution in [1.29, 1.82) is 5.26 Å². The molecule has 0 aromatic heterocycles. The number of benzene rings is 1. The zero-order valence-corrected chi connectivity index (χ0v) is 12.1. The molecule has 0 N–H and O–H groups in total. The van der Waals surface area contributed by atoms with Gasteiger partial charge in [0.1, 0.15) is 11.9 Å². The average Bonchev–Trinajstić information content (AvgIpc) is 2.34. The van der Waals surface area contributed by atoms with Crippen molar-refractivity contribution in [3.8, 4) is 6.07 Å². The van der Waals surface area contributed by atoms with Gasteiger partial charge in [0.25, 0.3) is 0 Å². The smallest absolute Gasteiger partial charge is 0.159 e. The van der Waals surface area contributed by atoms with E-state index in [1.165, 1.54) is 6.92 Å². The van der Waals surface area contributed by atoms with Gasteiger partial charge in [0.05, 0.1) is 5.57 Å². The number of ketones is 1. The standard InChI is InChI=1S/C15H19N3O/c1-11(19)12-6-8-13(9-7-12)14(10-16)15(17(2)3)18(4)5/h6-9H,1-5H3. The number of nitrogens with zero attached hydrogens (tertiary/aromatic N) is 3. The molecule has 0 saturated carbocycles. The number of carbonyl (C=O) groups excluding carboxylic acids is 1. The van der Waals surface area contributed by atoms with Gasteiger partial charge in [0.2, 0.25) is 0 Å². The lowest BCUT2D eigenvalue weighted by molar-refractivity contribution is 0.101. The first-order valence-corrected chi connectivity index (χ1v) is 5.99. The van der Waals surface area contributed by atoms with E-state index in [2.05, 4.69) is 6.07 Å². The van der Waals surface area contributed by atoms with Crippen LogP contribution in [-0.4, -0.2) is 43.8 Å². The number of hydrogen-bond acceptors (Lipinski definition) is 4. The summed E-state index contributed by atoms with van der Waals surface area (Å²) in [4.78, 5) is 15.1. The summed E-state index contributed by atoms with van der Waals surface area (Å²) in [6, 6.07) is 9.35. The Hall–Kier alpha value is -2.28. The maximum atomic E-state index is 11.3. The van der Waals surface area contributed by atoms with E-state index in [0.29, 0.717) is 11.1 Å². The summed E-state index contributed by atoms with van der Waals surface area (Å²) >= 11 is 0. The molecule has 100 valence electrons. The van der Waals surface area contributed by atoms with Crippen LogP contribution in [-0.2, 0) is 0 Å². The van der Waals surface area contributed by atoms with E-state index in [-0.39, 0.29) is 5.78 Å². The minimum absolute atomic E-state index is 0.0227. The summed E-state index contributed by atoms with van der Waals surface area (Å²) in [5, 5.41) is 9.40. The molecule has 4 nitrogen and oxygen atoms in total. The van der Waals surface area contributed by atoms with E-state index < -0.39 is 0 Å². The molecule has 0 fully saturated rings. The highest BCUT2D eigenvalue weighted by Gasteiger charge is 2.13. The largest absolute Gasteiger partial charge is 0.363 e. The monoisotopic (exact) mass is 257 g/mol. The molecule has 0 radical (unpaired) electrons. The third kappa shape index (κ3) is 3.35. The molecule has 0 heterocycles. The summed E-state index contributed by atoms with van der Waals surface area (Å²) in [6.07, 6.45) is 0. The Labute approximate surface area is 114 Å². The van der Waals surface area contributed by atoms with Crippen LogP contribution in [0.1, 0.15) is 22.8 Å². The molecule has 0 bridgehead atoms. The highest BCUT2D eigenvalue weighted by molar-refractivity contribution is 5.94. The molecule has 1 rings (SSSR count). The van der Waals surface area contributed by atoms with E-state index in [4.69, 9.17) is 0 Å². The minimum Gasteiger partial charge on any atom is -0.363 e. The molecular formula is C15H19N3O. The second-order valence-electron chi connectivity index (χ2n) is 4.73. The van der Waals surface area contributed by atoms with Gasteiger partial charge in [-0.15, -0.1) is 0 Å². The fourth-order valence-electron chi connectivity index (χ4n) is 1.96. The summed E-state index contributed by atoms with van der Waals surface area (Å²) in [5.41, 5.74) is 2.05. The van der Waals surface area contributed by atoms with Crippen LogP contribution >= 0.6 is 0 Å². The van der Waals surface area contributed by atoms with Crippen LogP contribution in [0.4, 0.5) is 0 Å². The quantitative estimate of drug-likeness (QED) is 0.613. The van der Waals surface area contributed by atoms with Crippen molar-refractivity contribution in [3.05, 3.63) is 41.2 Å². The molecule has 1 aromatic carbocycles. The zero-order valence-electron chi connectivity index (χ0n) is 12.1. The number of carbonyl (C=O) groups is 1. The minimum atomic E-state index is 0.0227. The molecule has 0 amide bonds. The topological polar surface area (TPSA) is 47.3 Å². The number of nitriles is 1. The van der Waals surface area contributed by atoms with Gasteiger partial charge in [-0.2, -0.15) is 5.26 Å². The first-order valence-electron chi connectivity index (χ1n) is 5.99. The van der Waals surface area contributed by atoms with E-state index in [1.54, 1.807) is 12.1 Å². The van der Waals surface area contributed by atoms with Gasteiger partial charge in [-0.25, -0.2) is 0 Å². The van der Waals surface area contributed by atoms with Crippen molar-refractivity contribution in [2.24, 2.45) is 0 Å². The Balaban J connectivity index is 3.34. The Morgan fingerprint density at radius 2 is 1.42 bits per heavy atom. The van der Waals surface area contributed by atoms with Crippen LogP contribution in [0.25, 0.3) is 5.57 Å². The third-order valence-corrected chi connectivity index (χ3v) is 2.76. The number of Topliss-reactive ketones (excluding diaryl/α,β-unsaturated/α-hetero) is 1. The van der Waals surface area contributed by atoms with E-state index >= 15 is 0 Å². The van der Waals surface area contributed by atoms with Crippen molar-refractivity contribution in [3.63, 3.8) is 0 Å². The Kier molecular flexibility index (Phi) is 4.71. The van der Waals surface area contributed by atoms with Gasteiger partial charge in [0, 0.05) is 33.8 Å². The van der Waals surface area contributed by atoms with Gasteiger partial charge in [0.15, 0.2) is 5.78 Å². The third-order valence-electron chi connectivity index (χ3n) is 2.76. The fourth-order valence-corrected chi connectivity index (χ4v) is 1.96. The average molecular weight is 257 g/mol. The molecule has 0 aliphatic heterocycles. The van der Waals surface area contributed by atoms with Crippen LogP contribution in [0.2, 0.25) is 0 Å². The molecule has 1 aromatic rings. The van der Waals surface area contributed by atoms with Crippen LogP contribution in [0.5, 0.6) is 0 Å². The van der Waals surface area contributed by atoms with Crippen LogP contribution in [0.3, 0.4) is 0 Å². The van der Waals surface area contributed by atoms with E-state index in [0.717, 1.165) is 11.4 Å². The molecule has 0 atom stereocenters. The summed E-state index contributed by atoms with van der Waals surface area (Å²) in [6.45, 7) is 1.53. The first-order chi connectivity index (χ1) is 8.88. The molecule has 0 aliphatic rings. The lowest BCUT2D eigenvalue weighted by Gasteiger charge is -2.26. The molecule has 4 heteroatoms. The van der Waals surface area contributed by atoms with Crippen molar-refractivity contribution in [2.75, 3.05) is 28.2 Å². The Morgan fingerprint density at radius 3 is 1.74 bits per heavy atom. The predicted molar refractivity (Wildman–Crippen MR) is 76.4 cm³/mol. The maximum Gasteiger partial charge on any atom is 0.159 e. The lowest BCUT2D eigenvalue weighted by atomic mass is 10.0. The SMILES string of the molecule is CC(=O)c1ccc(C(C#N)=C(N(C)C)N(C)C)cc1. The molecule has 0 saturated heterocycles. The fraction of sp³-hybridized carbons (Fsp3) is 0.333. The van der Waals surface area contributed by atoms with Crippen molar-refractivity contribution in [2.45, 2.75) is 6.92 Å². The highest BCUT2D eigenvalue weighted by atomic mass is 16.1. The number of hydrogen-bond donors (Lipinski definition) is 0. The number of rotatable bonds is 4. The van der Waals surface area contributed by atoms with Crippen molar-refractivity contribution in [1.82, 2.24) is 9.80 Å². The second kappa shape index (κ2) is 6.05. The summed E-state index contributed by atoms with van der Waals surface area (Å²) in [7, 11) is 7.60. The van der Waals surface area contributed by atoms with Crippen molar-refractivity contribution >= 4 is 11.4 Å². The van der Waals surface area contributed by atoms with Gasteiger partial charge in [-0.3, -0.25) is 4.79 Å². The van der Waals surface area contributed by atoms with Gasteiger partial charge >= 0.3 is 0 Å². The van der Waals surface area contributed by atoms with Crippen LogP contribution < -0.4 is 0 Å². The Morgan fingerprint density at radius 1 is 1.00 bits per heavy atom. The molecule has 0 aliphatic carbocycles. The van der Waals surface area contributed by atoms with Crippen LogP contribution in [0, 0.1) is 11.3 Å². The molecular weight excluding hydrogens is 238 g/mol. The molecule has 0 spiro atoms. The second-order valence-corrected chi connectivity index (χ2v) is 4.73. The Bertz CT molecular complexity index is 524. The van der Waals surface area contributed by atoms with Crippen molar-refractivity contribution < 1.29 is 4.79 Å². The van der Waals surface area contributed by atoms with Gasteiger partial charge in [-0.1, -0.05) is 24.3 Å². The van der Waals surface area contributed by atoms with E-state index in [9.17, 15) is 10.1 Å². The van der Waals surface area contributed by atoms with Crippen LogP contribution in [0.15, 0.2) is 30.1 Å². The van der Waals surface area contributed by atoms with Gasteiger partial charge < -0.3 is 9.80 Å². The normalized spacial score (nSPS) is 9.47.